The lowest BCUT2D eigenvalue weighted by atomic mass is 10.0. The standard InChI is InChI=1S/C26H25F2N3O3/c1-16-13-22(30-14-18(16)7-6-10-23(27)28)17(2)31-15-21-20(25(31)32)11-12-29-24(21)26(33)34-19-8-4-3-5-9-19/h3-5,8-9,11-14,17,23H,6-7,10,15H2,1-2H3. The first-order chi connectivity index (χ1) is 16.3. The van der Waals surface area contributed by atoms with Crippen LogP contribution in [0.4, 0.5) is 8.78 Å². The van der Waals surface area contributed by atoms with Crippen LogP contribution in [-0.2, 0) is 13.0 Å². The molecule has 3 heterocycles. The quantitative estimate of drug-likeness (QED) is 0.333. The Balaban J connectivity index is 1.51. The average Bonchev–Trinajstić information content (AvgIpc) is 3.16. The van der Waals surface area contributed by atoms with Gasteiger partial charge in [-0.2, -0.15) is 0 Å². The van der Waals surface area contributed by atoms with Gasteiger partial charge in [-0.05, 0) is 62.1 Å². The van der Waals surface area contributed by atoms with E-state index in [1.807, 2.05) is 26.0 Å². The third kappa shape index (κ3) is 4.95. The molecule has 0 saturated heterocycles. The van der Waals surface area contributed by atoms with Crippen molar-refractivity contribution in [2.45, 2.75) is 52.1 Å². The van der Waals surface area contributed by atoms with E-state index in [-0.39, 0.29) is 30.6 Å². The van der Waals surface area contributed by atoms with Gasteiger partial charge in [-0.1, -0.05) is 18.2 Å². The monoisotopic (exact) mass is 465 g/mol. The number of aryl methyl sites for hydroxylation is 2. The molecule has 1 amide bonds. The Morgan fingerprint density at radius 3 is 2.65 bits per heavy atom. The molecule has 176 valence electrons. The number of para-hydroxylation sites is 1. The van der Waals surface area contributed by atoms with E-state index >= 15 is 0 Å². The summed E-state index contributed by atoms with van der Waals surface area (Å²) in [6.07, 6.45) is 1.61. The summed E-state index contributed by atoms with van der Waals surface area (Å²) in [4.78, 5) is 36.3. The molecular weight excluding hydrogens is 440 g/mol. The summed E-state index contributed by atoms with van der Waals surface area (Å²) in [6, 6.07) is 11.8. The summed E-state index contributed by atoms with van der Waals surface area (Å²) in [5, 5.41) is 0. The second kappa shape index (κ2) is 10.1. The number of nitrogens with zero attached hydrogens (tertiary/aromatic N) is 3. The molecule has 0 N–H and O–H groups in total. The maximum atomic E-state index is 13.1. The molecule has 8 heteroatoms. The SMILES string of the molecule is Cc1cc(C(C)N2Cc3c(ccnc3C(=O)Oc3ccccc3)C2=O)ncc1CCCC(F)F. The molecule has 0 radical (unpaired) electrons. The van der Waals surface area contributed by atoms with Crippen molar-refractivity contribution in [2.24, 2.45) is 0 Å². The number of halogens is 2. The Morgan fingerprint density at radius 1 is 1.18 bits per heavy atom. The minimum absolute atomic E-state index is 0.114. The Labute approximate surface area is 196 Å². The number of aromatic nitrogens is 2. The van der Waals surface area contributed by atoms with Gasteiger partial charge < -0.3 is 9.64 Å². The molecule has 4 rings (SSSR count). The van der Waals surface area contributed by atoms with Crippen LogP contribution in [0.25, 0.3) is 0 Å². The molecule has 1 atom stereocenters. The molecule has 0 saturated carbocycles. The van der Waals surface area contributed by atoms with Crippen LogP contribution >= 0.6 is 0 Å². The average molecular weight is 466 g/mol. The van der Waals surface area contributed by atoms with Gasteiger partial charge in [-0.15, -0.1) is 0 Å². The first-order valence-corrected chi connectivity index (χ1v) is 11.1. The minimum Gasteiger partial charge on any atom is -0.422 e. The first-order valence-electron chi connectivity index (χ1n) is 11.1. The summed E-state index contributed by atoms with van der Waals surface area (Å²) < 4.78 is 30.3. The number of hydrogen-bond acceptors (Lipinski definition) is 5. The minimum atomic E-state index is -2.31. The van der Waals surface area contributed by atoms with E-state index in [1.54, 1.807) is 41.4 Å². The van der Waals surface area contributed by atoms with E-state index in [0.29, 0.717) is 35.4 Å². The third-order valence-corrected chi connectivity index (χ3v) is 6.03. The molecule has 2 aromatic heterocycles. The highest BCUT2D eigenvalue weighted by molar-refractivity contribution is 6.02. The Morgan fingerprint density at radius 2 is 1.94 bits per heavy atom. The van der Waals surface area contributed by atoms with Crippen molar-refractivity contribution in [3.05, 3.63) is 88.5 Å². The topological polar surface area (TPSA) is 72.4 Å². The van der Waals surface area contributed by atoms with Gasteiger partial charge in [-0.3, -0.25) is 9.78 Å². The number of amides is 1. The van der Waals surface area contributed by atoms with Crippen LogP contribution in [0.5, 0.6) is 5.75 Å². The largest absolute Gasteiger partial charge is 0.422 e. The number of fused-ring (bicyclic) bond motifs is 1. The molecule has 0 bridgehead atoms. The van der Waals surface area contributed by atoms with Crippen molar-refractivity contribution >= 4 is 11.9 Å². The van der Waals surface area contributed by atoms with Crippen LogP contribution in [0.2, 0.25) is 0 Å². The number of pyridine rings is 2. The van der Waals surface area contributed by atoms with Crippen LogP contribution in [0.1, 0.15) is 69.0 Å². The van der Waals surface area contributed by atoms with Crippen LogP contribution in [-0.4, -0.2) is 33.2 Å². The maximum Gasteiger partial charge on any atom is 0.362 e. The van der Waals surface area contributed by atoms with Gasteiger partial charge in [-0.25, -0.2) is 18.6 Å². The predicted octanol–water partition coefficient (Wildman–Crippen LogP) is 5.31. The fraction of sp³-hybridized carbons (Fsp3) is 0.308. The maximum absolute atomic E-state index is 13.1. The summed E-state index contributed by atoms with van der Waals surface area (Å²) in [5.74, 6) is -0.429. The molecule has 3 aromatic rings. The highest BCUT2D eigenvalue weighted by Gasteiger charge is 2.35. The van der Waals surface area contributed by atoms with Crippen molar-refractivity contribution in [1.29, 1.82) is 0 Å². The van der Waals surface area contributed by atoms with Gasteiger partial charge in [0.05, 0.1) is 11.7 Å². The van der Waals surface area contributed by atoms with Crippen LogP contribution in [0.15, 0.2) is 54.9 Å². The second-order valence-electron chi connectivity index (χ2n) is 8.32. The van der Waals surface area contributed by atoms with Crippen molar-refractivity contribution in [1.82, 2.24) is 14.9 Å². The number of hydrogen-bond donors (Lipinski definition) is 0. The highest BCUT2D eigenvalue weighted by atomic mass is 19.3. The lowest BCUT2D eigenvalue weighted by Crippen LogP contribution is -2.28. The van der Waals surface area contributed by atoms with E-state index in [1.165, 1.54) is 6.20 Å². The van der Waals surface area contributed by atoms with Gasteiger partial charge >= 0.3 is 5.97 Å². The molecule has 6 nitrogen and oxygen atoms in total. The van der Waals surface area contributed by atoms with Gasteiger partial charge in [0.25, 0.3) is 5.91 Å². The zero-order chi connectivity index (χ0) is 24.2. The Kier molecular flexibility index (Phi) is 6.95. The lowest BCUT2D eigenvalue weighted by Gasteiger charge is -2.24. The third-order valence-electron chi connectivity index (χ3n) is 6.03. The smallest absolute Gasteiger partial charge is 0.362 e. The second-order valence-corrected chi connectivity index (χ2v) is 8.32. The number of rotatable bonds is 8. The van der Waals surface area contributed by atoms with Gasteiger partial charge in [0.2, 0.25) is 6.43 Å². The summed E-state index contributed by atoms with van der Waals surface area (Å²) in [7, 11) is 0. The van der Waals surface area contributed by atoms with Crippen molar-refractivity contribution < 1.29 is 23.1 Å². The number of carbonyl (C=O) groups is 2. The molecule has 1 aliphatic heterocycles. The number of ether oxygens (including phenoxy) is 1. The molecule has 0 fully saturated rings. The van der Waals surface area contributed by atoms with E-state index in [9.17, 15) is 18.4 Å². The van der Waals surface area contributed by atoms with Crippen LogP contribution in [0, 0.1) is 6.92 Å². The lowest BCUT2D eigenvalue weighted by molar-refractivity contribution is 0.0699. The van der Waals surface area contributed by atoms with Crippen molar-refractivity contribution in [3.8, 4) is 5.75 Å². The Bertz CT molecular complexity index is 1200. The van der Waals surface area contributed by atoms with E-state index in [0.717, 1.165) is 11.1 Å². The summed E-state index contributed by atoms with van der Waals surface area (Å²) in [6.45, 7) is 3.99. The van der Waals surface area contributed by atoms with Gasteiger partial charge in [0.1, 0.15) is 5.75 Å². The van der Waals surface area contributed by atoms with E-state index in [4.69, 9.17) is 4.74 Å². The highest BCUT2D eigenvalue weighted by Crippen LogP contribution is 2.32. The normalized spacial score (nSPS) is 13.8. The summed E-state index contributed by atoms with van der Waals surface area (Å²) in [5.41, 5.74) is 3.62. The number of benzene rings is 1. The molecule has 0 spiro atoms. The number of carbonyl (C=O) groups excluding carboxylic acids is 2. The van der Waals surface area contributed by atoms with Gasteiger partial charge in [0.15, 0.2) is 5.69 Å². The molecule has 1 unspecified atom stereocenters. The molecule has 34 heavy (non-hydrogen) atoms. The summed E-state index contributed by atoms with van der Waals surface area (Å²) >= 11 is 0. The van der Waals surface area contributed by atoms with E-state index in [2.05, 4.69) is 9.97 Å². The predicted molar refractivity (Wildman–Crippen MR) is 122 cm³/mol. The van der Waals surface area contributed by atoms with Crippen molar-refractivity contribution in [3.63, 3.8) is 0 Å². The fourth-order valence-electron chi connectivity index (χ4n) is 4.09. The van der Waals surface area contributed by atoms with Crippen LogP contribution in [0.3, 0.4) is 0 Å². The zero-order valence-electron chi connectivity index (χ0n) is 19.0. The fourth-order valence-corrected chi connectivity index (χ4v) is 4.09. The number of esters is 1. The van der Waals surface area contributed by atoms with Gasteiger partial charge in [0, 0.05) is 36.5 Å². The van der Waals surface area contributed by atoms with Crippen molar-refractivity contribution in [2.75, 3.05) is 0 Å². The molecule has 1 aliphatic rings. The molecular formula is C26H25F2N3O3. The van der Waals surface area contributed by atoms with E-state index < -0.39 is 12.4 Å². The first kappa shape index (κ1) is 23.5. The molecule has 1 aromatic carbocycles. The van der Waals surface area contributed by atoms with Crippen LogP contribution < -0.4 is 4.74 Å². The Hall–Kier alpha value is -3.68. The number of alkyl halides is 2. The zero-order valence-corrected chi connectivity index (χ0v) is 19.0. The molecule has 0 aliphatic carbocycles.